The lowest BCUT2D eigenvalue weighted by Gasteiger charge is -2.11. The quantitative estimate of drug-likeness (QED) is 0.737. The molecule has 0 aliphatic heterocycles. The highest BCUT2D eigenvalue weighted by atomic mass is 16.1. The van der Waals surface area contributed by atoms with Crippen LogP contribution in [0.4, 0.5) is 0 Å². The van der Waals surface area contributed by atoms with Gasteiger partial charge in [-0.1, -0.05) is 39.3 Å². The van der Waals surface area contributed by atoms with Crippen LogP contribution in [0.1, 0.15) is 73.4 Å². The van der Waals surface area contributed by atoms with E-state index < -0.39 is 0 Å². The van der Waals surface area contributed by atoms with Crippen molar-refractivity contribution in [3.05, 3.63) is 34.9 Å². The Labute approximate surface area is 97.9 Å². The number of rotatable bonds is 3. The Kier molecular flexibility index (Phi) is 3.13. The minimum atomic E-state index is 0.343. The van der Waals surface area contributed by atoms with E-state index in [2.05, 4.69) is 39.0 Å². The van der Waals surface area contributed by atoms with Crippen molar-refractivity contribution in [1.82, 2.24) is 0 Å². The summed E-state index contributed by atoms with van der Waals surface area (Å²) in [6, 6.07) is 6.47. The van der Waals surface area contributed by atoms with E-state index in [1.165, 1.54) is 11.1 Å². The van der Waals surface area contributed by atoms with Crippen LogP contribution in [0.5, 0.6) is 0 Å². The van der Waals surface area contributed by atoms with Crippen LogP contribution in [0.15, 0.2) is 18.2 Å². The van der Waals surface area contributed by atoms with E-state index in [-0.39, 0.29) is 0 Å². The van der Waals surface area contributed by atoms with Gasteiger partial charge in [-0.3, -0.25) is 4.79 Å². The Morgan fingerprint density at radius 3 is 2.75 bits per heavy atom. The summed E-state index contributed by atoms with van der Waals surface area (Å²) in [5.41, 5.74) is 3.56. The van der Waals surface area contributed by atoms with Gasteiger partial charge in [0.25, 0.3) is 0 Å². The SMILES string of the molecule is CCCC1CC(=O)c2cc(C(C)C)ccc21. The van der Waals surface area contributed by atoms with Gasteiger partial charge in [-0.05, 0) is 35.4 Å². The molecule has 1 aromatic rings. The standard InChI is InChI=1S/C15H20O/c1-4-5-12-9-15(16)14-8-11(10(2)3)6-7-13(12)14/h6-8,10,12H,4-5,9H2,1-3H3. The van der Waals surface area contributed by atoms with E-state index >= 15 is 0 Å². The summed E-state index contributed by atoms with van der Waals surface area (Å²) in [7, 11) is 0. The van der Waals surface area contributed by atoms with E-state index in [1.807, 2.05) is 0 Å². The first-order chi connectivity index (χ1) is 7.63. The van der Waals surface area contributed by atoms with E-state index in [9.17, 15) is 4.79 Å². The highest BCUT2D eigenvalue weighted by molar-refractivity contribution is 6.01. The topological polar surface area (TPSA) is 17.1 Å². The molecule has 0 fully saturated rings. The predicted octanol–water partition coefficient (Wildman–Crippen LogP) is 4.28. The molecule has 16 heavy (non-hydrogen) atoms. The molecule has 0 bridgehead atoms. The second kappa shape index (κ2) is 4.40. The maximum atomic E-state index is 11.9. The van der Waals surface area contributed by atoms with Crippen LogP contribution in [0.3, 0.4) is 0 Å². The number of benzene rings is 1. The molecule has 1 nitrogen and oxygen atoms in total. The van der Waals surface area contributed by atoms with E-state index in [4.69, 9.17) is 0 Å². The van der Waals surface area contributed by atoms with Crippen LogP contribution in [0, 0.1) is 0 Å². The predicted molar refractivity (Wildman–Crippen MR) is 67.1 cm³/mol. The number of carbonyl (C=O) groups is 1. The number of fused-ring (bicyclic) bond motifs is 1. The number of ketones is 1. The van der Waals surface area contributed by atoms with Gasteiger partial charge in [-0.15, -0.1) is 0 Å². The molecule has 1 unspecified atom stereocenters. The van der Waals surface area contributed by atoms with Gasteiger partial charge >= 0.3 is 0 Å². The van der Waals surface area contributed by atoms with Crippen molar-refractivity contribution < 1.29 is 4.79 Å². The Balaban J connectivity index is 2.37. The zero-order chi connectivity index (χ0) is 11.7. The molecule has 1 aliphatic rings. The fraction of sp³-hybridized carbons (Fsp3) is 0.533. The van der Waals surface area contributed by atoms with Crippen molar-refractivity contribution in [3.63, 3.8) is 0 Å². The van der Waals surface area contributed by atoms with Gasteiger partial charge in [0, 0.05) is 12.0 Å². The van der Waals surface area contributed by atoms with E-state index in [0.717, 1.165) is 24.8 Å². The summed E-state index contributed by atoms with van der Waals surface area (Å²) in [6.45, 7) is 6.53. The Hall–Kier alpha value is -1.11. The third-order valence-corrected chi connectivity index (χ3v) is 3.55. The lowest BCUT2D eigenvalue weighted by molar-refractivity contribution is 0.0988. The molecule has 0 spiro atoms. The van der Waals surface area contributed by atoms with Crippen molar-refractivity contribution in [2.75, 3.05) is 0 Å². The molecule has 0 radical (unpaired) electrons. The van der Waals surface area contributed by atoms with Gasteiger partial charge in [0.2, 0.25) is 0 Å². The number of carbonyl (C=O) groups excluding carboxylic acids is 1. The minimum absolute atomic E-state index is 0.343. The molecule has 2 rings (SSSR count). The summed E-state index contributed by atoms with van der Waals surface area (Å²) in [5.74, 6) is 1.33. The molecule has 0 heterocycles. The lowest BCUT2D eigenvalue weighted by atomic mass is 9.93. The third kappa shape index (κ3) is 1.91. The molecule has 1 aliphatic carbocycles. The van der Waals surface area contributed by atoms with Crippen LogP contribution in [-0.4, -0.2) is 5.78 Å². The van der Waals surface area contributed by atoms with Crippen LogP contribution >= 0.6 is 0 Å². The first-order valence-corrected chi connectivity index (χ1v) is 6.30. The van der Waals surface area contributed by atoms with Crippen LogP contribution in [0.2, 0.25) is 0 Å². The summed E-state index contributed by atoms with van der Waals surface area (Å²) in [6.07, 6.45) is 3.02. The van der Waals surface area contributed by atoms with Gasteiger partial charge in [-0.2, -0.15) is 0 Å². The maximum Gasteiger partial charge on any atom is 0.163 e. The minimum Gasteiger partial charge on any atom is -0.294 e. The molecule has 0 aromatic heterocycles. The van der Waals surface area contributed by atoms with Crippen LogP contribution in [-0.2, 0) is 0 Å². The monoisotopic (exact) mass is 216 g/mol. The molecular formula is C15H20O. The maximum absolute atomic E-state index is 11.9. The fourth-order valence-corrected chi connectivity index (χ4v) is 2.58. The Bertz CT molecular complexity index is 404. The van der Waals surface area contributed by atoms with Gasteiger partial charge in [-0.25, -0.2) is 0 Å². The van der Waals surface area contributed by atoms with Crippen molar-refractivity contribution in [2.24, 2.45) is 0 Å². The zero-order valence-electron chi connectivity index (χ0n) is 10.4. The summed E-state index contributed by atoms with van der Waals surface area (Å²) >= 11 is 0. The third-order valence-electron chi connectivity index (χ3n) is 3.55. The largest absolute Gasteiger partial charge is 0.294 e. The zero-order valence-corrected chi connectivity index (χ0v) is 10.4. The van der Waals surface area contributed by atoms with Crippen molar-refractivity contribution in [2.45, 2.75) is 51.9 Å². The van der Waals surface area contributed by atoms with E-state index in [0.29, 0.717) is 17.6 Å². The lowest BCUT2D eigenvalue weighted by Crippen LogP contribution is -1.95. The molecule has 1 heteroatoms. The molecule has 86 valence electrons. The molecule has 0 amide bonds. The molecule has 0 saturated heterocycles. The number of hydrogen-bond acceptors (Lipinski definition) is 1. The second-order valence-electron chi connectivity index (χ2n) is 5.11. The highest BCUT2D eigenvalue weighted by Gasteiger charge is 2.28. The normalized spacial score (nSPS) is 19.2. The molecule has 1 atom stereocenters. The highest BCUT2D eigenvalue weighted by Crippen LogP contribution is 2.37. The first-order valence-electron chi connectivity index (χ1n) is 6.30. The van der Waals surface area contributed by atoms with E-state index in [1.54, 1.807) is 0 Å². The number of Topliss-reactive ketones (excluding diaryl/α,β-unsaturated/α-hetero) is 1. The first kappa shape index (κ1) is 11.4. The summed E-state index contributed by atoms with van der Waals surface area (Å²) in [5, 5.41) is 0. The van der Waals surface area contributed by atoms with Crippen molar-refractivity contribution in [3.8, 4) is 0 Å². The molecule has 1 aromatic carbocycles. The average Bonchev–Trinajstić information content (AvgIpc) is 2.56. The van der Waals surface area contributed by atoms with Crippen molar-refractivity contribution in [1.29, 1.82) is 0 Å². The van der Waals surface area contributed by atoms with Gasteiger partial charge in [0.1, 0.15) is 0 Å². The second-order valence-corrected chi connectivity index (χ2v) is 5.11. The summed E-state index contributed by atoms with van der Waals surface area (Å²) in [4.78, 5) is 11.9. The van der Waals surface area contributed by atoms with Crippen LogP contribution < -0.4 is 0 Å². The van der Waals surface area contributed by atoms with Crippen LogP contribution in [0.25, 0.3) is 0 Å². The van der Waals surface area contributed by atoms with Crippen molar-refractivity contribution >= 4 is 5.78 Å². The van der Waals surface area contributed by atoms with Gasteiger partial charge < -0.3 is 0 Å². The number of hydrogen-bond donors (Lipinski definition) is 0. The average molecular weight is 216 g/mol. The van der Waals surface area contributed by atoms with Gasteiger partial charge in [0.05, 0.1) is 0 Å². The Morgan fingerprint density at radius 2 is 2.12 bits per heavy atom. The smallest absolute Gasteiger partial charge is 0.163 e. The molecule has 0 N–H and O–H groups in total. The van der Waals surface area contributed by atoms with Gasteiger partial charge in [0.15, 0.2) is 5.78 Å². The fourth-order valence-electron chi connectivity index (χ4n) is 2.58. The Morgan fingerprint density at radius 1 is 1.38 bits per heavy atom. The molecular weight excluding hydrogens is 196 g/mol. The molecule has 0 saturated carbocycles. The summed E-state index contributed by atoms with van der Waals surface area (Å²) < 4.78 is 0.